The molecule has 1 aromatic carbocycles. The highest BCUT2D eigenvalue weighted by atomic mass is 79.9. The van der Waals surface area contributed by atoms with Gasteiger partial charge < -0.3 is 4.42 Å². The summed E-state index contributed by atoms with van der Waals surface area (Å²) in [6.45, 7) is 1.87. The number of halogens is 4. The molecule has 1 aromatic heterocycles. The first-order valence-corrected chi connectivity index (χ1v) is 6.31. The van der Waals surface area contributed by atoms with E-state index in [9.17, 15) is 13.2 Å². The standard InChI is InChI=1S/C13H10BrF3O/c1-2-11-8(3-4-18-11)13(14)12-9(16)5-7(15)6-10(12)17/h3-6,13H,2H2,1H3. The van der Waals surface area contributed by atoms with Crippen molar-refractivity contribution < 1.29 is 17.6 Å². The van der Waals surface area contributed by atoms with Gasteiger partial charge in [-0.1, -0.05) is 22.9 Å². The minimum absolute atomic E-state index is 0.215. The predicted molar refractivity (Wildman–Crippen MR) is 65.2 cm³/mol. The molecule has 1 unspecified atom stereocenters. The molecule has 96 valence electrons. The minimum Gasteiger partial charge on any atom is -0.469 e. The van der Waals surface area contributed by atoms with Gasteiger partial charge in [-0.3, -0.25) is 0 Å². The molecule has 5 heteroatoms. The summed E-state index contributed by atoms with van der Waals surface area (Å²) in [5.41, 5.74) is 0.425. The summed E-state index contributed by atoms with van der Waals surface area (Å²) in [5, 5.41) is 0. The third-order valence-corrected chi connectivity index (χ3v) is 3.62. The highest BCUT2D eigenvalue weighted by Gasteiger charge is 2.23. The molecule has 18 heavy (non-hydrogen) atoms. The fourth-order valence-electron chi connectivity index (χ4n) is 1.81. The Bertz CT molecular complexity index is 542. The van der Waals surface area contributed by atoms with Crippen molar-refractivity contribution in [3.05, 3.63) is 58.8 Å². The van der Waals surface area contributed by atoms with Crippen molar-refractivity contribution in [3.8, 4) is 0 Å². The van der Waals surface area contributed by atoms with Crippen LogP contribution in [0.25, 0.3) is 0 Å². The molecule has 1 nitrogen and oxygen atoms in total. The smallest absolute Gasteiger partial charge is 0.133 e. The zero-order chi connectivity index (χ0) is 13.3. The fraction of sp³-hybridized carbons (Fsp3) is 0.231. The van der Waals surface area contributed by atoms with Crippen LogP contribution in [0.15, 0.2) is 28.9 Å². The maximum Gasteiger partial charge on any atom is 0.133 e. The normalized spacial score (nSPS) is 12.7. The third-order valence-electron chi connectivity index (χ3n) is 2.67. The van der Waals surface area contributed by atoms with Crippen molar-refractivity contribution in [1.29, 1.82) is 0 Å². The predicted octanol–water partition coefficient (Wildman–Crippen LogP) is 4.74. The summed E-state index contributed by atoms with van der Waals surface area (Å²) < 4.78 is 45.4. The monoisotopic (exact) mass is 318 g/mol. The molecule has 2 rings (SSSR count). The molecule has 0 N–H and O–H groups in total. The Morgan fingerprint density at radius 2 is 1.83 bits per heavy atom. The summed E-state index contributed by atoms with van der Waals surface area (Å²) in [6.07, 6.45) is 2.07. The number of hydrogen-bond acceptors (Lipinski definition) is 1. The van der Waals surface area contributed by atoms with E-state index < -0.39 is 22.3 Å². The van der Waals surface area contributed by atoms with E-state index in [4.69, 9.17) is 4.42 Å². The zero-order valence-corrected chi connectivity index (χ0v) is 11.1. The highest BCUT2D eigenvalue weighted by Crippen LogP contribution is 2.36. The van der Waals surface area contributed by atoms with Crippen molar-refractivity contribution >= 4 is 15.9 Å². The van der Waals surface area contributed by atoms with Crippen LogP contribution in [0, 0.1) is 17.5 Å². The third kappa shape index (κ3) is 2.32. The van der Waals surface area contributed by atoms with Crippen LogP contribution in [0.2, 0.25) is 0 Å². The summed E-state index contributed by atoms with van der Waals surface area (Å²) in [6, 6.07) is 2.97. The zero-order valence-electron chi connectivity index (χ0n) is 9.51. The Morgan fingerprint density at radius 3 is 2.39 bits per heavy atom. The van der Waals surface area contributed by atoms with Gasteiger partial charge in [0.05, 0.1) is 11.1 Å². The molecule has 0 aliphatic heterocycles. The van der Waals surface area contributed by atoms with Gasteiger partial charge in [-0.05, 0) is 6.07 Å². The number of rotatable bonds is 3. The molecular formula is C13H10BrF3O. The molecule has 0 radical (unpaired) electrons. The molecule has 0 amide bonds. The van der Waals surface area contributed by atoms with Crippen molar-refractivity contribution in [2.45, 2.75) is 18.2 Å². The Labute approximate surface area is 111 Å². The quantitative estimate of drug-likeness (QED) is 0.745. The van der Waals surface area contributed by atoms with Crippen LogP contribution in [-0.2, 0) is 6.42 Å². The highest BCUT2D eigenvalue weighted by molar-refractivity contribution is 9.09. The summed E-state index contributed by atoms with van der Waals surface area (Å²) >= 11 is 3.23. The molecule has 1 heterocycles. The Balaban J connectivity index is 2.49. The van der Waals surface area contributed by atoms with Gasteiger partial charge in [0.1, 0.15) is 23.2 Å². The second kappa shape index (κ2) is 5.18. The van der Waals surface area contributed by atoms with Gasteiger partial charge in [0.2, 0.25) is 0 Å². The molecule has 0 saturated carbocycles. The SMILES string of the molecule is CCc1occc1C(Br)c1c(F)cc(F)cc1F. The lowest BCUT2D eigenvalue weighted by Crippen LogP contribution is -2.02. The van der Waals surface area contributed by atoms with Crippen LogP contribution in [0.5, 0.6) is 0 Å². The number of aryl methyl sites for hydroxylation is 1. The average molecular weight is 319 g/mol. The number of alkyl halides is 1. The summed E-state index contributed by atoms with van der Waals surface area (Å²) in [5.74, 6) is -2.13. The Kier molecular flexibility index (Phi) is 3.80. The first-order valence-electron chi connectivity index (χ1n) is 5.39. The maximum atomic E-state index is 13.6. The molecule has 2 aromatic rings. The van der Waals surface area contributed by atoms with Gasteiger partial charge >= 0.3 is 0 Å². The molecule has 0 fully saturated rings. The van der Waals surface area contributed by atoms with Crippen LogP contribution in [0.4, 0.5) is 13.2 Å². The van der Waals surface area contributed by atoms with Crippen LogP contribution in [-0.4, -0.2) is 0 Å². The Morgan fingerprint density at radius 1 is 1.22 bits per heavy atom. The molecular weight excluding hydrogens is 309 g/mol. The molecule has 1 atom stereocenters. The average Bonchev–Trinajstić information content (AvgIpc) is 2.75. The maximum absolute atomic E-state index is 13.6. The lowest BCUT2D eigenvalue weighted by molar-refractivity contribution is 0.508. The van der Waals surface area contributed by atoms with Gasteiger partial charge in [0.15, 0.2) is 0 Å². The summed E-state index contributed by atoms with van der Waals surface area (Å²) in [7, 11) is 0. The number of hydrogen-bond donors (Lipinski definition) is 0. The van der Waals surface area contributed by atoms with E-state index in [-0.39, 0.29) is 5.56 Å². The van der Waals surface area contributed by atoms with Gasteiger partial charge in [0, 0.05) is 29.7 Å². The second-order valence-corrected chi connectivity index (χ2v) is 4.71. The fourth-order valence-corrected chi connectivity index (χ4v) is 2.66. The van der Waals surface area contributed by atoms with E-state index in [0.29, 0.717) is 29.9 Å². The van der Waals surface area contributed by atoms with Crippen LogP contribution >= 0.6 is 15.9 Å². The molecule has 0 aliphatic rings. The van der Waals surface area contributed by atoms with Gasteiger partial charge in [-0.2, -0.15) is 0 Å². The van der Waals surface area contributed by atoms with E-state index in [2.05, 4.69) is 15.9 Å². The summed E-state index contributed by atoms with van der Waals surface area (Å²) in [4.78, 5) is -0.702. The Hall–Kier alpha value is -1.23. The molecule has 0 bridgehead atoms. The van der Waals surface area contributed by atoms with E-state index in [0.717, 1.165) is 0 Å². The lowest BCUT2D eigenvalue weighted by Gasteiger charge is -2.12. The lowest BCUT2D eigenvalue weighted by atomic mass is 10.0. The minimum atomic E-state index is -0.934. The van der Waals surface area contributed by atoms with Crippen molar-refractivity contribution in [2.24, 2.45) is 0 Å². The first kappa shape index (κ1) is 13.2. The van der Waals surface area contributed by atoms with Crippen molar-refractivity contribution in [3.63, 3.8) is 0 Å². The first-order chi connectivity index (χ1) is 8.54. The van der Waals surface area contributed by atoms with Crippen LogP contribution in [0.3, 0.4) is 0 Å². The van der Waals surface area contributed by atoms with Gasteiger partial charge in [0.25, 0.3) is 0 Å². The number of furan rings is 1. The number of benzene rings is 1. The van der Waals surface area contributed by atoms with E-state index in [1.807, 2.05) is 6.92 Å². The largest absolute Gasteiger partial charge is 0.469 e. The van der Waals surface area contributed by atoms with Crippen molar-refractivity contribution in [1.82, 2.24) is 0 Å². The van der Waals surface area contributed by atoms with Crippen LogP contribution < -0.4 is 0 Å². The van der Waals surface area contributed by atoms with Crippen molar-refractivity contribution in [2.75, 3.05) is 0 Å². The molecule has 0 saturated heterocycles. The topological polar surface area (TPSA) is 13.1 Å². The van der Waals surface area contributed by atoms with Gasteiger partial charge in [-0.15, -0.1) is 0 Å². The molecule has 0 spiro atoms. The van der Waals surface area contributed by atoms with Gasteiger partial charge in [-0.25, -0.2) is 13.2 Å². The molecule has 0 aliphatic carbocycles. The van der Waals surface area contributed by atoms with E-state index in [1.165, 1.54) is 6.26 Å². The van der Waals surface area contributed by atoms with E-state index >= 15 is 0 Å². The second-order valence-electron chi connectivity index (χ2n) is 3.80. The van der Waals surface area contributed by atoms with Crippen LogP contribution in [0.1, 0.15) is 28.6 Å². The van der Waals surface area contributed by atoms with E-state index in [1.54, 1.807) is 6.07 Å².